The third kappa shape index (κ3) is 35.2. The number of nitrogens with two attached hydrogens (primary N) is 3. The number of hydrogen-bond donors (Lipinski definition) is 20. The minimum absolute atomic E-state index is 0.204. The highest BCUT2D eigenvalue weighted by molar-refractivity contribution is 7.48. The van der Waals surface area contributed by atoms with Crippen LogP contribution in [0.4, 0.5) is 0 Å². The highest BCUT2D eigenvalue weighted by Gasteiger charge is 2.59. The third-order valence-electron chi connectivity index (χ3n) is 20.6. The van der Waals surface area contributed by atoms with Crippen molar-refractivity contribution in [2.45, 2.75) is 372 Å². The standard InChI is InChI=1S/C71H138N3O37P3/c1-3-5-7-9-11-13-15-17-18-19-21-23-25-27-29-31-35-96-40-44(77)41-100-114(94,95)111-67-63(106-49(78)32-30-28-26-24-22-20-16-14-12-10-8-6-4-2)59(87)56(84)60(88)64(67)108-68-50(74)54(82)62(46(39-76)103-68)107-71-66(110-113(92,93)99-37-34-73)58(86)53(81)47(105-71)42-97-70-65(57(85)51(79)45(38-75)102-70)109-69-61(89)55(83)52(80)48(104-69)43-101-112(90,91)98-36-33-72/h44-48,50-71,75-77,79-89H,3-43,72-74H2,1-2H3,(H,90,91)(H,92,93)(H,94,95)/t44-,45-,46-,47-,48-,50-,51-,52-,53-,54-,55+,56-,57+,58+,59-,60+,61+,62-,63-,64-,65+,66+,67-,68-,69-,70+,71-/m1/s1. The minimum atomic E-state index is -5.55. The maximum Gasteiger partial charge on any atom is 0.472 e. The number of carbonyl (C=O) groups excluding carboxylic acids is 1. The fourth-order valence-electron chi connectivity index (χ4n) is 14.0. The topological polar surface area (TPSA) is 638 Å². The molecule has 0 bridgehead atoms. The molecule has 3 unspecified atom stereocenters. The molecule has 40 nitrogen and oxygen atoms in total. The molecule has 1 aliphatic carbocycles. The van der Waals surface area contributed by atoms with Gasteiger partial charge in [0.15, 0.2) is 31.3 Å². The molecule has 43 heteroatoms. The van der Waals surface area contributed by atoms with Gasteiger partial charge in [0.1, 0.15) is 128 Å². The summed E-state index contributed by atoms with van der Waals surface area (Å²) in [4.78, 5) is 45.9. The van der Waals surface area contributed by atoms with Gasteiger partial charge in [-0.25, -0.2) is 13.7 Å². The highest BCUT2D eigenvalue weighted by atomic mass is 31.2. The molecule has 0 radical (unpaired) electrons. The van der Waals surface area contributed by atoms with Crippen molar-refractivity contribution >= 4 is 29.4 Å². The molecular weight excluding hydrogens is 1580 g/mol. The van der Waals surface area contributed by atoms with Crippen LogP contribution >= 0.6 is 23.5 Å². The Bertz CT molecular complexity index is 2710. The number of phosphoric ester groups is 3. The number of rotatable bonds is 61. The van der Waals surface area contributed by atoms with Crippen LogP contribution in [0.15, 0.2) is 0 Å². The van der Waals surface area contributed by atoms with Crippen molar-refractivity contribution in [2.75, 3.05) is 72.6 Å². The van der Waals surface area contributed by atoms with Crippen LogP contribution in [-0.2, 0) is 93.0 Å². The van der Waals surface area contributed by atoms with Crippen LogP contribution in [0.25, 0.3) is 0 Å². The van der Waals surface area contributed by atoms with Gasteiger partial charge in [0.05, 0.1) is 58.9 Å². The van der Waals surface area contributed by atoms with Crippen LogP contribution in [-0.4, -0.2) is 330 Å². The number of carbonyl (C=O) groups is 1. The summed E-state index contributed by atoms with van der Waals surface area (Å²) >= 11 is 0. The Morgan fingerprint density at radius 2 is 0.781 bits per heavy atom. The normalized spacial score (nSPS) is 34.8. The van der Waals surface area contributed by atoms with Crippen molar-refractivity contribution in [3.63, 3.8) is 0 Å². The quantitative estimate of drug-likeness (QED) is 0.0223. The molecule has 5 aliphatic rings. The van der Waals surface area contributed by atoms with Gasteiger partial charge in [-0.15, -0.1) is 0 Å². The zero-order chi connectivity index (χ0) is 84.0. The lowest BCUT2D eigenvalue weighted by atomic mass is 9.84. The van der Waals surface area contributed by atoms with E-state index < -0.39 is 241 Å². The summed E-state index contributed by atoms with van der Waals surface area (Å²) in [5.74, 6) is -0.983. The Morgan fingerprint density at radius 3 is 1.32 bits per heavy atom. The summed E-state index contributed by atoms with van der Waals surface area (Å²) in [6.45, 7) is -2.49. The summed E-state index contributed by atoms with van der Waals surface area (Å²) in [6.07, 6.45) is -24.0. The summed E-state index contributed by atoms with van der Waals surface area (Å²) in [5.41, 5.74) is 17.4. The average Bonchev–Trinajstić information content (AvgIpc) is 0.668. The molecule has 0 aromatic heterocycles. The van der Waals surface area contributed by atoms with Crippen LogP contribution in [0.1, 0.15) is 206 Å². The second kappa shape index (κ2) is 55.1. The largest absolute Gasteiger partial charge is 0.472 e. The molecule has 0 spiro atoms. The van der Waals surface area contributed by atoms with Crippen molar-refractivity contribution in [1.29, 1.82) is 0 Å². The van der Waals surface area contributed by atoms with Crippen molar-refractivity contribution < 1.29 is 179 Å². The summed E-state index contributed by atoms with van der Waals surface area (Å²) in [7, 11) is -15.8. The number of aliphatic hydroxyl groups excluding tert-OH is 14. The fraction of sp³-hybridized carbons (Fsp3) is 0.986. The number of aliphatic hydroxyl groups is 14. The minimum Gasteiger partial charge on any atom is -0.457 e. The summed E-state index contributed by atoms with van der Waals surface area (Å²) < 4.78 is 129. The maximum absolute atomic E-state index is 14.0. The number of phosphoric acid groups is 3. The lowest BCUT2D eigenvalue weighted by molar-refractivity contribution is -0.377. The van der Waals surface area contributed by atoms with Crippen molar-refractivity contribution in [3.8, 4) is 0 Å². The van der Waals surface area contributed by atoms with Gasteiger partial charge in [-0.1, -0.05) is 187 Å². The number of hydrogen-bond acceptors (Lipinski definition) is 37. The zero-order valence-corrected chi connectivity index (χ0v) is 68.6. The lowest BCUT2D eigenvalue weighted by Gasteiger charge is -2.49. The number of esters is 1. The van der Waals surface area contributed by atoms with Gasteiger partial charge in [-0.3, -0.25) is 31.9 Å². The fourth-order valence-corrected chi connectivity index (χ4v) is 16.6. The smallest absolute Gasteiger partial charge is 0.457 e. The van der Waals surface area contributed by atoms with Crippen LogP contribution < -0.4 is 17.2 Å². The first kappa shape index (κ1) is 103. The molecule has 30 atom stereocenters. The maximum atomic E-state index is 14.0. The first-order chi connectivity index (χ1) is 54.4. The first-order valence-electron chi connectivity index (χ1n) is 40.8. The van der Waals surface area contributed by atoms with Crippen LogP contribution in [0, 0.1) is 0 Å². The van der Waals surface area contributed by atoms with Crippen molar-refractivity contribution in [2.24, 2.45) is 17.2 Å². The Labute approximate surface area is 667 Å². The average molecular weight is 1720 g/mol. The Balaban J connectivity index is 1.31. The van der Waals surface area contributed by atoms with E-state index in [0.717, 1.165) is 64.2 Å². The zero-order valence-electron chi connectivity index (χ0n) is 65.9. The number of unbranched alkanes of at least 4 members (excludes halogenated alkanes) is 27. The van der Waals surface area contributed by atoms with Gasteiger partial charge >= 0.3 is 29.4 Å². The second-order valence-corrected chi connectivity index (χ2v) is 34.3. The predicted octanol–water partition coefficient (Wildman–Crippen LogP) is 0.441. The van der Waals surface area contributed by atoms with Crippen LogP contribution in [0.2, 0.25) is 0 Å². The van der Waals surface area contributed by atoms with E-state index in [4.69, 9.17) is 87.2 Å². The summed E-state index contributed by atoms with van der Waals surface area (Å²) in [6, 6.07) is -2.00. The van der Waals surface area contributed by atoms with Crippen molar-refractivity contribution in [1.82, 2.24) is 0 Å². The molecule has 0 amide bonds. The molecule has 4 saturated heterocycles. The molecule has 0 aromatic rings. The molecule has 674 valence electrons. The highest BCUT2D eigenvalue weighted by Crippen LogP contribution is 2.50. The van der Waals surface area contributed by atoms with E-state index in [0.29, 0.717) is 19.3 Å². The molecule has 0 aromatic carbocycles. The van der Waals surface area contributed by atoms with E-state index in [1.807, 2.05) is 0 Å². The van der Waals surface area contributed by atoms with Gasteiger partial charge in [-0.05, 0) is 12.8 Å². The van der Waals surface area contributed by atoms with E-state index in [1.165, 1.54) is 103 Å². The Morgan fingerprint density at radius 1 is 0.377 bits per heavy atom. The van der Waals surface area contributed by atoms with Gasteiger partial charge in [0, 0.05) is 26.1 Å². The molecular formula is C71H138N3O37P3. The van der Waals surface area contributed by atoms with Crippen molar-refractivity contribution in [3.05, 3.63) is 0 Å². The van der Waals surface area contributed by atoms with Gasteiger partial charge in [0.25, 0.3) is 0 Å². The van der Waals surface area contributed by atoms with E-state index in [-0.39, 0.29) is 32.7 Å². The van der Waals surface area contributed by atoms with E-state index in [9.17, 15) is 105 Å². The van der Waals surface area contributed by atoms with E-state index in [2.05, 4.69) is 18.4 Å². The Hall–Kier alpha value is -1.24. The van der Waals surface area contributed by atoms with Crippen LogP contribution in [0.3, 0.4) is 0 Å². The van der Waals surface area contributed by atoms with E-state index in [1.54, 1.807) is 0 Å². The monoisotopic (exact) mass is 1720 g/mol. The lowest BCUT2D eigenvalue weighted by Crippen LogP contribution is -2.70. The molecule has 1 saturated carbocycles. The molecule has 4 aliphatic heterocycles. The number of ether oxygens (including phenoxy) is 10. The molecule has 114 heavy (non-hydrogen) atoms. The van der Waals surface area contributed by atoms with E-state index >= 15 is 0 Å². The predicted molar refractivity (Wildman–Crippen MR) is 401 cm³/mol. The molecule has 5 rings (SSSR count). The first-order valence-corrected chi connectivity index (χ1v) is 45.3. The van der Waals surface area contributed by atoms with Gasteiger partial charge < -0.3 is 151 Å². The van der Waals surface area contributed by atoms with Gasteiger partial charge in [-0.2, -0.15) is 0 Å². The molecule has 23 N–H and O–H groups in total. The van der Waals surface area contributed by atoms with Crippen LogP contribution in [0.5, 0.6) is 0 Å². The third-order valence-corrected chi connectivity index (χ3v) is 23.6. The SMILES string of the molecule is CCCCCCCCCCCCCCCCCCOC[C@@H](O)COP(=O)(O)O[C@@H]1[C@H](OC(=O)CCCCCCCCCCCCCCC)[C@H](O)[C@@H](O)[C@H](O)[C@H]1O[C@H]1O[C@H](CO)[C@@H](O[C@H]2O[C@H](CO[C@H]3O[C@H](CO)[C@@H](O)[C@H](O)[C@@H]3O[C@H]3O[C@H](COP(=O)(O)OCCN)[C@@H](O)[C@H](O)[C@@H]3O)[C@@H](O)[C@H](O)[C@@H]2OP(=O)(O)OCCN)[C@H](O)[C@H]1N. The molecule has 5 fully saturated rings. The molecule has 4 heterocycles. The second-order valence-electron chi connectivity index (χ2n) is 30.0. The van der Waals surface area contributed by atoms with Gasteiger partial charge in [0.2, 0.25) is 0 Å². The summed E-state index contributed by atoms with van der Waals surface area (Å²) in [5, 5.41) is 157. The Kier molecular flexibility index (Phi) is 49.9.